The van der Waals surface area contributed by atoms with E-state index in [9.17, 15) is 10.2 Å². The van der Waals surface area contributed by atoms with Crippen LogP contribution in [0.1, 0.15) is 25.6 Å². The zero-order valence-electron chi connectivity index (χ0n) is 12.2. The van der Waals surface area contributed by atoms with E-state index in [1.807, 2.05) is 0 Å². The van der Waals surface area contributed by atoms with Crippen molar-refractivity contribution in [2.75, 3.05) is 26.2 Å². The standard InChI is InChI=1S/C16H22N2O2/c1-15-7-17-9-16(2,14(15)20)10-18(8-15)13(17)11-3-5-12(19)6-4-11/h3-6,13-14,19-20H,7-10H2,1-2H3/p+2. The van der Waals surface area contributed by atoms with Crippen LogP contribution in [0.5, 0.6) is 5.75 Å². The highest BCUT2D eigenvalue weighted by Gasteiger charge is 2.67. The maximum Gasteiger partial charge on any atom is 0.240 e. The number of hydrogen-bond donors (Lipinski definition) is 4. The molecule has 4 aliphatic heterocycles. The fourth-order valence-electron chi connectivity index (χ4n) is 5.39. The van der Waals surface area contributed by atoms with Gasteiger partial charge in [0.25, 0.3) is 0 Å². The first-order valence-electron chi connectivity index (χ1n) is 7.57. The van der Waals surface area contributed by atoms with Crippen molar-refractivity contribution >= 4 is 0 Å². The number of phenolic OH excluding ortho intramolecular Hbond substituents is 1. The van der Waals surface area contributed by atoms with E-state index in [4.69, 9.17) is 0 Å². The van der Waals surface area contributed by atoms with Crippen molar-refractivity contribution in [2.24, 2.45) is 10.8 Å². The maximum atomic E-state index is 10.7. The molecule has 4 saturated heterocycles. The van der Waals surface area contributed by atoms with E-state index in [2.05, 4.69) is 26.0 Å². The van der Waals surface area contributed by atoms with Gasteiger partial charge in [0, 0.05) is 0 Å². The fraction of sp³-hybridized carbons (Fsp3) is 0.625. The first kappa shape index (κ1) is 12.6. The van der Waals surface area contributed by atoms with Crippen molar-refractivity contribution in [1.82, 2.24) is 0 Å². The summed E-state index contributed by atoms with van der Waals surface area (Å²) < 4.78 is 0. The smallest absolute Gasteiger partial charge is 0.240 e. The minimum absolute atomic E-state index is 0.0589. The summed E-state index contributed by atoms with van der Waals surface area (Å²) in [6.45, 7) is 8.72. The highest BCUT2D eigenvalue weighted by Crippen LogP contribution is 2.39. The Labute approximate surface area is 119 Å². The number of piperidine rings is 2. The van der Waals surface area contributed by atoms with Gasteiger partial charge in [-0.05, 0) is 38.1 Å². The summed E-state index contributed by atoms with van der Waals surface area (Å²) in [7, 11) is 0. The lowest BCUT2D eigenvalue weighted by molar-refractivity contribution is -1.19. The molecule has 4 heteroatoms. The number of hydrogen-bond acceptors (Lipinski definition) is 2. The van der Waals surface area contributed by atoms with Gasteiger partial charge < -0.3 is 10.2 Å². The second kappa shape index (κ2) is 3.75. The van der Waals surface area contributed by atoms with Gasteiger partial charge in [0.15, 0.2) is 0 Å². The van der Waals surface area contributed by atoms with Crippen LogP contribution in [0.15, 0.2) is 24.3 Å². The molecule has 4 heterocycles. The van der Waals surface area contributed by atoms with E-state index in [0.29, 0.717) is 11.9 Å². The van der Waals surface area contributed by atoms with E-state index < -0.39 is 0 Å². The van der Waals surface area contributed by atoms with Gasteiger partial charge in [0.2, 0.25) is 6.17 Å². The van der Waals surface area contributed by atoms with Gasteiger partial charge in [-0.1, -0.05) is 0 Å². The molecule has 1 aromatic carbocycles. The molecule has 4 fully saturated rings. The number of benzene rings is 1. The lowest BCUT2D eigenvalue weighted by Crippen LogP contribution is -3.41. The monoisotopic (exact) mass is 276 g/mol. The Balaban J connectivity index is 1.72. The molecule has 4 N–H and O–H groups in total. The summed E-state index contributed by atoms with van der Waals surface area (Å²) in [6, 6.07) is 7.70. The lowest BCUT2D eigenvalue weighted by Gasteiger charge is -2.62. The Morgan fingerprint density at radius 2 is 1.40 bits per heavy atom. The highest BCUT2D eigenvalue weighted by atomic mass is 16.3. The van der Waals surface area contributed by atoms with Crippen LogP contribution in [0.4, 0.5) is 0 Å². The van der Waals surface area contributed by atoms with E-state index in [0.717, 1.165) is 26.2 Å². The molecule has 20 heavy (non-hydrogen) atoms. The van der Waals surface area contributed by atoms with E-state index in [-0.39, 0.29) is 16.9 Å². The van der Waals surface area contributed by atoms with Gasteiger partial charge in [-0.3, -0.25) is 9.80 Å². The molecule has 0 aromatic heterocycles. The molecule has 1 aromatic rings. The largest absolute Gasteiger partial charge is 0.508 e. The second-order valence-corrected chi connectivity index (χ2v) is 7.76. The van der Waals surface area contributed by atoms with E-state index >= 15 is 0 Å². The molecule has 0 amide bonds. The SMILES string of the molecule is CC12C[NH+]3CC(C)(C[NH+](C1)C3c1ccc(O)cc1)C2O. The molecule has 0 saturated carbocycles. The number of rotatable bonds is 1. The Kier molecular flexibility index (Phi) is 2.37. The Bertz CT molecular complexity index is 504. The molecule has 108 valence electrons. The van der Waals surface area contributed by atoms with E-state index in [1.165, 1.54) is 5.56 Å². The van der Waals surface area contributed by atoms with Crippen LogP contribution in [0.2, 0.25) is 0 Å². The third-order valence-corrected chi connectivity index (χ3v) is 5.89. The summed E-state index contributed by atoms with van der Waals surface area (Å²) in [6.07, 6.45) is 0.299. The van der Waals surface area contributed by atoms with Crippen LogP contribution in [-0.4, -0.2) is 42.5 Å². The van der Waals surface area contributed by atoms with E-state index in [1.54, 1.807) is 21.9 Å². The number of aromatic hydroxyl groups is 1. The average molecular weight is 276 g/mol. The number of aliphatic hydroxyl groups is 1. The third-order valence-electron chi connectivity index (χ3n) is 5.89. The van der Waals surface area contributed by atoms with Crippen molar-refractivity contribution in [3.05, 3.63) is 29.8 Å². The van der Waals surface area contributed by atoms with Gasteiger partial charge >= 0.3 is 0 Å². The van der Waals surface area contributed by atoms with Gasteiger partial charge in [-0.15, -0.1) is 0 Å². The van der Waals surface area contributed by atoms with Crippen LogP contribution in [0, 0.1) is 10.8 Å². The van der Waals surface area contributed by atoms with Gasteiger partial charge in [0.05, 0.1) is 48.7 Å². The molecular weight excluding hydrogens is 252 g/mol. The number of nitrogens with one attached hydrogen (secondary N) is 2. The normalized spacial score (nSPS) is 49.5. The van der Waals surface area contributed by atoms with Gasteiger partial charge in [-0.25, -0.2) is 0 Å². The molecule has 0 aliphatic carbocycles. The molecule has 4 bridgehead atoms. The maximum absolute atomic E-state index is 10.7. The first-order valence-corrected chi connectivity index (χ1v) is 7.57. The van der Waals surface area contributed by atoms with Crippen LogP contribution in [-0.2, 0) is 0 Å². The topological polar surface area (TPSA) is 49.3 Å². The Morgan fingerprint density at radius 3 is 1.85 bits per heavy atom. The van der Waals surface area contributed by atoms with Crippen LogP contribution < -0.4 is 9.80 Å². The molecule has 0 spiro atoms. The van der Waals surface area contributed by atoms with Crippen LogP contribution in [0.3, 0.4) is 0 Å². The van der Waals surface area contributed by atoms with Gasteiger partial charge in [0.1, 0.15) is 5.75 Å². The summed E-state index contributed by atoms with van der Waals surface area (Å²) in [4.78, 5) is 3.19. The average Bonchev–Trinajstić information content (AvgIpc) is 2.36. The summed E-state index contributed by atoms with van der Waals surface area (Å²) in [5, 5.41) is 20.2. The Hall–Kier alpha value is -1.10. The molecule has 4 nitrogen and oxygen atoms in total. The zero-order valence-corrected chi connectivity index (χ0v) is 12.2. The predicted molar refractivity (Wildman–Crippen MR) is 74.5 cm³/mol. The van der Waals surface area contributed by atoms with Crippen molar-refractivity contribution in [3.63, 3.8) is 0 Å². The lowest BCUT2D eigenvalue weighted by atomic mass is 9.60. The van der Waals surface area contributed by atoms with Crippen molar-refractivity contribution in [3.8, 4) is 5.75 Å². The van der Waals surface area contributed by atoms with Crippen molar-refractivity contribution in [1.29, 1.82) is 0 Å². The minimum atomic E-state index is -0.164. The van der Waals surface area contributed by atoms with Gasteiger partial charge in [-0.2, -0.15) is 0 Å². The van der Waals surface area contributed by atoms with Crippen LogP contribution >= 0.6 is 0 Å². The Morgan fingerprint density at radius 1 is 0.950 bits per heavy atom. The molecule has 0 unspecified atom stereocenters. The number of phenols is 1. The number of aliphatic hydroxyl groups excluding tert-OH is 1. The fourth-order valence-corrected chi connectivity index (χ4v) is 5.39. The number of quaternary nitrogens is 2. The predicted octanol–water partition coefficient (Wildman–Crippen LogP) is -1.43. The minimum Gasteiger partial charge on any atom is -0.508 e. The van der Waals surface area contributed by atoms with Crippen LogP contribution in [0.25, 0.3) is 0 Å². The quantitative estimate of drug-likeness (QED) is 0.509. The second-order valence-electron chi connectivity index (χ2n) is 7.76. The summed E-state index contributed by atoms with van der Waals surface area (Å²) in [5.41, 5.74) is 1.43. The highest BCUT2D eigenvalue weighted by molar-refractivity contribution is 5.26. The molecule has 0 atom stereocenters. The molecular formula is C16H24N2O2+2. The molecule has 4 aliphatic rings. The zero-order chi connectivity index (χ0) is 14.1. The molecule has 5 rings (SSSR count). The first-order chi connectivity index (χ1) is 9.41. The summed E-state index contributed by atoms with van der Waals surface area (Å²) >= 11 is 0. The van der Waals surface area contributed by atoms with Crippen molar-refractivity contribution < 1.29 is 20.0 Å². The third kappa shape index (κ3) is 1.53. The van der Waals surface area contributed by atoms with Crippen molar-refractivity contribution in [2.45, 2.75) is 26.1 Å². The molecule has 0 radical (unpaired) electrons. The summed E-state index contributed by atoms with van der Waals surface area (Å²) in [5.74, 6) is 0.335.